The number of hydrogen-bond acceptors (Lipinski definition) is 2. The minimum absolute atomic E-state index is 0.0406. The molecule has 2 rings (SSSR count). The van der Waals surface area contributed by atoms with Crippen molar-refractivity contribution in [2.45, 2.75) is 19.8 Å². The highest BCUT2D eigenvalue weighted by atomic mass is 16.4. The molecule has 1 unspecified atom stereocenters. The first-order valence-electron chi connectivity index (χ1n) is 6.80. The summed E-state index contributed by atoms with van der Waals surface area (Å²) in [6, 6.07) is 7.88. The number of aryl methyl sites for hydroxylation is 1. The minimum atomic E-state index is -0.792. The number of rotatable bonds is 4. The zero-order valence-electron chi connectivity index (χ0n) is 11.6. The van der Waals surface area contributed by atoms with Crippen molar-refractivity contribution in [1.29, 1.82) is 0 Å². The zero-order chi connectivity index (χ0) is 14.5. The van der Waals surface area contributed by atoms with Gasteiger partial charge in [-0.15, -0.1) is 0 Å². The molecule has 0 aromatic heterocycles. The van der Waals surface area contributed by atoms with Crippen LogP contribution < -0.4 is 0 Å². The molecule has 1 saturated heterocycles. The number of aliphatic carboxylic acids is 1. The number of carbonyl (C=O) groups is 2. The number of carboxylic acid groups (broad SMARTS) is 1. The molecular formula is C16H19NO3. The van der Waals surface area contributed by atoms with Crippen LogP contribution in [-0.4, -0.2) is 35.0 Å². The van der Waals surface area contributed by atoms with Crippen LogP contribution >= 0.6 is 0 Å². The van der Waals surface area contributed by atoms with E-state index in [0.717, 1.165) is 17.5 Å². The number of nitrogens with zero attached hydrogens (tertiary/aromatic N) is 1. The fourth-order valence-electron chi connectivity index (χ4n) is 2.49. The third-order valence-electron chi connectivity index (χ3n) is 3.65. The molecule has 4 heteroatoms. The van der Waals surface area contributed by atoms with E-state index >= 15 is 0 Å². The van der Waals surface area contributed by atoms with Gasteiger partial charge in [0.1, 0.15) is 0 Å². The summed E-state index contributed by atoms with van der Waals surface area (Å²) in [5.41, 5.74) is 2.16. The van der Waals surface area contributed by atoms with Crippen molar-refractivity contribution in [1.82, 2.24) is 4.90 Å². The summed E-state index contributed by atoms with van der Waals surface area (Å²) >= 11 is 0. The molecule has 106 valence electrons. The first-order chi connectivity index (χ1) is 9.56. The Morgan fingerprint density at radius 1 is 1.40 bits per heavy atom. The van der Waals surface area contributed by atoms with Gasteiger partial charge in [0.2, 0.25) is 5.91 Å². The highest BCUT2D eigenvalue weighted by Crippen LogP contribution is 2.20. The van der Waals surface area contributed by atoms with E-state index in [4.69, 9.17) is 5.11 Å². The van der Waals surface area contributed by atoms with E-state index in [2.05, 4.69) is 0 Å². The smallest absolute Gasteiger partial charge is 0.303 e. The number of amides is 1. The molecular weight excluding hydrogens is 254 g/mol. The maximum Gasteiger partial charge on any atom is 0.303 e. The van der Waals surface area contributed by atoms with Crippen LogP contribution in [0.1, 0.15) is 24.0 Å². The molecule has 1 aliphatic heterocycles. The van der Waals surface area contributed by atoms with Gasteiger partial charge in [-0.2, -0.15) is 0 Å². The first-order valence-corrected chi connectivity index (χ1v) is 6.80. The summed E-state index contributed by atoms with van der Waals surface area (Å²) in [4.78, 5) is 24.4. The third-order valence-corrected chi connectivity index (χ3v) is 3.65. The Kier molecular flexibility index (Phi) is 4.56. The molecule has 1 N–H and O–H groups in total. The Labute approximate surface area is 118 Å². The highest BCUT2D eigenvalue weighted by Gasteiger charge is 2.26. The maximum absolute atomic E-state index is 12.1. The second kappa shape index (κ2) is 6.37. The van der Waals surface area contributed by atoms with Crippen LogP contribution in [0.15, 0.2) is 30.3 Å². The number of carbonyl (C=O) groups excluding carboxylic acids is 1. The summed E-state index contributed by atoms with van der Waals surface area (Å²) in [5, 5.41) is 8.76. The molecule has 1 aromatic carbocycles. The van der Waals surface area contributed by atoms with Gasteiger partial charge in [-0.25, -0.2) is 0 Å². The molecule has 1 aliphatic rings. The zero-order valence-corrected chi connectivity index (χ0v) is 11.6. The van der Waals surface area contributed by atoms with E-state index in [0.29, 0.717) is 13.1 Å². The Balaban J connectivity index is 1.93. The number of hydrogen-bond donors (Lipinski definition) is 1. The van der Waals surface area contributed by atoms with Gasteiger partial charge in [0.05, 0.1) is 0 Å². The fraction of sp³-hybridized carbons (Fsp3) is 0.375. The molecule has 0 spiro atoms. The summed E-state index contributed by atoms with van der Waals surface area (Å²) < 4.78 is 0. The van der Waals surface area contributed by atoms with Gasteiger partial charge < -0.3 is 10.0 Å². The monoisotopic (exact) mass is 273 g/mol. The molecule has 1 atom stereocenters. The van der Waals surface area contributed by atoms with Gasteiger partial charge in [-0.1, -0.05) is 24.3 Å². The molecule has 1 aromatic rings. The summed E-state index contributed by atoms with van der Waals surface area (Å²) in [5.74, 6) is -0.746. The number of likely N-dealkylation sites (tertiary alicyclic amines) is 1. The summed E-state index contributed by atoms with van der Waals surface area (Å²) in [6.07, 6.45) is 4.31. The van der Waals surface area contributed by atoms with Crippen LogP contribution in [0.4, 0.5) is 0 Å². The van der Waals surface area contributed by atoms with Crippen molar-refractivity contribution in [2.24, 2.45) is 5.92 Å². The van der Waals surface area contributed by atoms with Crippen LogP contribution in [0, 0.1) is 12.8 Å². The number of carboxylic acids is 1. The van der Waals surface area contributed by atoms with Gasteiger partial charge in [0.15, 0.2) is 0 Å². The molecule has 0 aliphatic carbocycles. The molecule has 4 nitrogen and oxygen atoms in total. The predicted molar refractivity (Wildman–Crippen MR) is 77.2 cm³/mol. The standard InChI is InChI=1S/C16H19NO3/c1-12-4-2-3-5-14(12)6-7-15(18)17-9-8-13(11-17)10-16(19)20/h2-7,13H,8-11H2,1H3,(H,19,20). The first kappa shape index (κ1) is 14.3. The topological polar surface area (TPSA) is 57.6 Å². The van der Waals surface area contributed by atoms with E-state index in [-0.39, 0.29) is 18.2 Å². The largest absolute Gasteiger partial charge is 0.481 e. The Morgan fingerprint density at radius 3 is 2.85 bits per heavy atom. The van der Waals surface area contributed by atoms with Gasteiger partial charge in [-0.05, 0) is 36.5 Å². The van der Waals surface area contributed by atoms with Crippen LogP contribution in [0.5, 0.6) is 0 Å². The summed E-state index contributed by atoms with van der Waals surface area (Å²) in [6.45, 7) is 3.20. The SMILES string of the molecule is Cc1ccccc1C=CC(=O)N1CCC(CC(=O)O)C1. The quantitative estimate of drug-likeness (QED) is 0.857. The second-order valence-corrected chi connectivity index (χ2v) is 5.23. The van der Waals surface area contributed by atoms with Crippen molar-refractivity contribution in [3.8, 4) is 0 Å². The van der Waals surface area contributed by atoms with Crippen molar-refractivity contribution >= 4 is 18.0 Å². The lowest BCUT2D eigenvalue weighted by molar-refractivity contribution is -0.138. The minimum Gasteiger partial charge on any atom is -0.481 e. The van der Waals surface area contributed by atoms with E-state index in [1.165, 1.54) is 0 Å². The normalized spacial score (nSPS) is 18.6. The Morgan fingerprint density at radius 2 is 2.15 bits per heavy atom. The van der Waals surface area contributed by atoms with E-state index in [1.54, 1.807) is 11.0 Å². The molecule has 20 heavy (non-hydrogen) atoms. The fourth-order valence-corrected chi connectivity index (χ4v) is 2.49. The van der Waals surface area contributed by atoms with E-state index < -0.39 is 5.97 Å². The third kappa shape index (κ3) is 3.70. The molecule has 1 heterocycles. The maximum atomic E-state index is 12.1. The summed E-state index contributed by atoms with van der Waals surface area (Å²) in [7, 11) is 0. The number of benzene rings is 1. The predicted octanol–water partition coefficient (Wildman–Crippen LogP) is 2.33. The average molecular weight is 273 g/mol. The Hall–Kier alpha value is -2.10. The highest BCUT2D eigenvalue weighted by molar-refractivity contribution is 5.92. The van der Waals surface area contributed by atoms with Crippen LogP contribution in [0.3, 0.4) is 0 Å². The van der Waals surface area contributed by atoms with Crippen LogP contribution in [0.2, 0.25) is 0 Å². The van der Waals surface area contributed by atoms with Gasteiger partial charge in [-0.3, -0.25) is 9.59 Å². The average Bonchev–Trinajstić information content (AvgIpc) is 2.85. The van der Waals surface area contributed by atoms with Crippen molar-refractivity contribution < 1.29 is 14.7 Å². The van der Waals surface area contributed by atoms with Crippen LogP contribution in [0.25, 0.3) is 6.08 Å². The lowest BCUT2D eigenvalue weighted by atomic mass is 10.1. The second-order valence-electron chi connectivity index (χ2n) is 5.23. The lowest BCUT2D eigenvalue weighted by Gasteiger charge is -2.13. The van der Waals surface area contributed by atoms with Gasteiger partial charge >= 0.3 is 5.97 Å². The van der Waals surface area contributed by atoms with Crippen molar-refractivity contribution in [2.75, 3.05) is 13.1 Å². The van der Waals surface area contributed by atoms with Crippen molar-refractivity contribution in [3.05, 3.63) is 41.5 Å². The van der Waals surface area contributed by atoms with E-state index in [1.807, 2.05) is 37.3 Å². The van der Waals surface area contributed by atoms with Gasteiger partial charge in [0.25, 0.3) is 0 Å². The molecule has 1 amide bonds. The van der Waals surface area contributed by atoms with E-state index in [9.17, 15) is 9.59 Å². The molecule has 1 fully saturated rings. The molecule has 0 bridgehead atoms. The van der Waals surface area contributed by atoms with Crippen LogP contribution in [-0.2, 0) is 9.59 Å². The van der Waals surface area contributed by atoms with Gasteiger partial charge in [0, 0.05) is 25.6 Å². The molecule has 0 radical (unpaired) electrons. The Bertz CT molecular complexity index is 536. The van der Waals surface area contributed by atoms with Crippen molar-refractivity contribution in [3.63, 3.8) is 0 Å². The molecule has 0 saturated carbocycles. The lowest BCUT2D eigenvalue weighted by Crippen LogP contribution is -2.27.